The molecule has 1 heterocycles. The van der Waals surface area contributed by atoms with Gasteiger partial charge >= 0.3 is 0 Å². The molecular weight excluding hydrogens is 264 g/mol. The third-order valence-electron chi connectivity index (χ3n) is 4.95. The molecule has 4 heteroatoms. The van der Waals surface area contributed by atoms with Gasteiger partial charge in [-0.05, 0) is 36.3 Å². The summed E-state index contributed by atoms with van der Waals surface area (Å²) >= 11 is 0. The molecule has 4 unspecified atom stereocenters. The first kappa shape index (κ1) is 12.5. The molecule has 4 atom stereocenters. The van der Waals surface area contributed by atoms with Gasteiger partial charge in [0.15, 0.2) is 0 Å². The van der Waals surface area contributed by atoms with Crippen LogP contribution in [-0.2, 0) is 9.59 Å². The molecule has 106 valence electrons. The number of nitrogens with zero attached hydrogens (tertiary/aromatic N) is 2. The van der Waals surface area contributed by atoms with Crippen LogP contribution < -0.4 is 0 Å². The number of aryl methyl sites for hydroxylation is 1. The van der Waals surface area contributed by atoms with Gasteiger partial charge in [0.05, 0.1) is 18.1 Å². The second-order valence-electron chi connectivity index (χ2n) is 6.09. The molecule has 1 aromatic rings. The van der Waals surface area contributed by atoms with Crippen molar-refractivity contribution >= 4 is 18.0 Å². The van der Waals surface area contributed by atoms with Crippen molar-refractivity contribution < 1.29 is 9.59 Å². The lowest BCUT2D eigenvalue weighted by molar-refractivity contribution is -0.140. The number of rotatable bonds is 2. The molecule has 2 amide bonds. The summed E-state index contributed by atoms with van der Waals surface area (Å²) in [4.78, 5) is 24.9. The van der Waals surface area contributed by atoms with Crippen LogP contribution in [0.2, 0.25) is 0 Å². The number of hydrogen-bond donors (Lipinski definition) is 0. The lowest BCUT2D eigenvalue weighted by Crippen LogP contribution is -2.28. The van der Waals surface area contributed by atoms with E-state index in [9.17, 15) is 9.59 Å². The first-order valence-corrected chi connectivity index (χ1v) is 7.32. The summed E-state index contributed by atoms with van der Waals surface area (Å²) in [5.74, 6) is -0.161. The number of hydrogen-bond acceptors (Lipinski definition) is 3. The molecule has 0 spiro atoms. The van der Waals surface area contributed by atoms with Crippen molar-refractivity contribution in [1.82, 2.24) is 5.01 Å². The highest BCUT2D eigenvalue weighted by atomic mass is 16.2. The lowest BCUT2D eigenvalue weighted by Gasteiger charge is -2.13. The van der Waals surface area contributed by atoms with Crippen LogP contribution in [0.3, 0.4) is 0 Å². The predicted octanol–water partition coefficient (Wildman–Crippen LogP) is 2.14. The van der Waals surface area contributed by atoms with E-state index >= 15 is 0 Å². The van der Waals surface area contributed by atoms with Gasteiger partial charge in [0.2, 0.25) is 0 Å². The van der Waals surface area contributed by atoms with Crippen molar-refractivity contribution in [2.45, 2.75) is 13.3 Å². The van der Waals surface area contributed by atoms with E-state index in [2.05, 4.69) is 17.3 Å². The van der Waals surface area contributed by atoms with Crippen molar-refractivity contribution in [3.63, 3.8) is 0 Å². The van der Waals surface area contributed by atoms with Crippen LogP contribution in [0, 0.1) is 30.6 Å². The van der Waals surface area contributed by atoms with E-state index in [1.807, 2.05) is 31.2 Å². The van der Waals surface area contributed by atoms with Crippen molar-refractivity contribution in [2.24, 2.45) is 28.8 Å². The van der Waals surface area contributed by atoms with Gasteiger partial charge < -0.3 is 0 Å². The van der Waals surface area contributed by atoms with Gasteiger partial charge in [0.25, 0.3) is 11.8 Å². The van der Waals surface area contributed by atoms with Crippen LogP contribution in [0.4, 0.5) is 0 Å². The summed E-state index contributed by atoms with van der Waals surface area (Å²) in [5.41, 5.74) is 2.00. The maximum Gasteiger partial charge on any atom is 0.254 e. The first-order chi connectivity index (χ1) is 10.2. The number of benzene rings is 1. The van der Waals surface area contributed by atoms with Crippen LogP contribution in [0.25, 0.3) is 0 Å². The second kappa shape index (κ2) is 4.38. The minimum absolute atomic E-state index is 0.133. The zero-order valence-electron chi connectivity index (χ0n) is 11.8. The summed E-state index contributed by atoms with van der Waals surface area (Å²) < 4.78 is 0. The summed E-state index contributed by atoms with van der Waals surface area (Å²) in [7, 11) is 0. The topological polar surface area (TPSA) is 49.7 Å². The van der Waals surface area contributed by atoms with Gasteiger partial charge in [-0.1, -0.05) is 36.4 Å². The third kappa shape index (κ3) is 1.71. The third-order valence-corrected chi connectivity index (χ3v) is 4.95. The van der Waals surface area contributed by atoms with E-state index in [1.165, 1.54) is 0 Å². The fourth-order valence-corrected chi connectivity index (χ4v) is 3.85. The average Bonchev–Trinajstić information content (AvgIpc) is 3.14. The highest BCUT2D eigenvalue weighted by molar-refractivity contribution is 6.06. The van der Waals surface area contributed by atoms with Gasteiger partial charge in [-0.15, -0.1) is 0 Å². The molecule has 1 saturated heterocycles. The number of allylic oxidation sites excluding steroid dienone is 2. The molecular formula is C17H16N2O2. The lowest BCUT2D eigenvalue weighted by atomic mass is 9.85. The van der Waals surface area contributed by atoms with E-state index in [4.69, 9.17) is 0 Å². The Hall–Kier alpha value is -2.23. The number of fused-ring (bicyclic) bond motifs is 5. The number of amides is 2. The fraction of sp³-hybridized carbons (Fsp3) is 0.353. The first-order valence-electron chi connectivity index (χ1n) is 7.32. The minimum atomic E-state index is -0.179. The Morgan fingerprint density at radius 1 is 1.10 bits per heavy atom. The van der Waals surface area contributed by atoms with Crippen LogP contribution in [-0.4, -0.2) is 23.0 Å². The highest BCUT2D eigenvalue weighted by Crippen LogP contribution is 2.52. The Labute approximate surface area is 123 Å². The average molecular weight is 280 g/mol. The highest BCUT2D eigenvalue weighted by Gasteiger charge is 2.59. The standard InChI is InChI=1S/C17H16N2O2/c1-10-4-2-3-5-13(10)9-18-19-16(20)14-11-6-7-12(8-11)15(14)17(19)21/h2-7,9,11-12,14-15H,8H2,1H3. The Bertz CT molecular complexity index is 662. The molecule has 1 aromatic carbocycles. The fourth-order valence-electron chi connectivity index (χ4n) is 3.85. The summed E-state index contributed by atoms with van der Waals surface area (Å²) in [6.45, 7) is 1.98. The summed E-state index contributed by atoms with van der Waals surface area (Å²) in [6, 6.07) is 7.78. The molecule has 4 rings (SSSR count). The van der Waals surface area contributed by atoms with E-state index in [0.29, 0.717) is 0 Å². The Morgan fingerprint density at radius 3 is 2.33 bits per heavy atom. The largest absolute Gasteiger partial charge is 0.272 e. The van der Waals surface area contributed by atoms with E-state index in [-0.39, 0.29) is 35.5 Å². The van der Waals surface area contributed by atoms with Gasteiger partial charge in [0, 0.05) is 0 Å². The van der Waals surface area contributed by atoms with E-state index < -0.39 is 0 Å². The van der Waals surface area contributed by atoms with Crippen molar-refractivity contribution in [3.05, 3.63) is 47.5 Å². The quantitative estimate of drug-likeness (QED) is 0.473. The van der Waals surface area contributed by atoms with E-state index in [0.717, 1.165) is 22.6 Å². The van der Waals surface area contributed by atoms with E-state index in [1.54, 1.807) is 6.21 Å². The molecule has 4 nitrogen and oxygen atoms in total. The van der Waals surface area contributed by atoms with Gasteiger partial charge in [-0.3, -0.25) is 9.59 Å². The van der Waals surface area contributed by atoms with Crippen LogP contribution in [0.5, 0.6) is 0 Å². The van der Waals surface area contributed by atoms with Crippen LogP contribution in [0.15, 0.2) is 41.5 Å². The maximum atomic E-state index is 12.5. The molecule has 0 radical (unpaired) electrons. The number of carbonyl (C=O) groups excluding carboxylic acids is 2. The molecule has 2 fully saturated rings. The number of imide groups is 1. The molecule has 21 heavy (non-hydrogen) atoms. The second-order valence-corrected chi connectivity index (χ2v) is 6.09. The van der Waals surface area contributed by atoms with Crippen molar-refractivity contribution in [2.75, 3.05) is 0 Å². The molecule has 3 aliphatic rings. The summed E-state index contributed by atoms with van der Waals surface area (Å²) in [6.07, 6.45) is 6.74. The maximum absolute atomic E-state index is 12.5. The molecule has 0 N–H and O–H groups in total. The zero-order valence-corrected chi connectivity index (χ0v) is 11.8. The van der Waals surface area contributed by atoms with Crippen molar-refractivity contribution in [1.29, 1.82) is 0 Å². The zero-order chi connectivity index (χ0) is 14.6. The SMILES string of the molecule is Cc1ccccc1C=NN1C(=O)C2C3C=CC(C3)C2C1=O. The van der Waals surface area contributed by atoms with Crippen LogP contribution in [0.1, 0.15) is 17.5 Å². The number of hydrazone groups is 1. The molecule has 1 aliphatic heterocycles. The summed E-state index contributed by atoms with van der Waals surface area (Å²) in [5, 5.41) is 5.27. The minimum Gasteiger partial charge on any atom is -0.272 e. The monoisotopic (exact) mass is 280 g/mol. The van der Waals surface area contributed by atoms with Crippen molar-refractivity contribution in [3.8, 4) is 0 Å². The molecule has 1 saturated carbocycles. The van der Waals surface area contributed by atoms with Crippen LogP contribution >= 0.6 is 0 Å². The molecule has 2 bridgehead atoms. The number of carbonyl (C=O) groups is 2. The Balaban J connectivity index is 1.62. The molecule has 2 aliphatic carbocycles. The Kier molecular flexibility index (Phi) is 2.61. The van der Waals surface area contributed by atoms with Gasteiger partial charge in [-0.25, -0.2) is 0 Å². The normalized spacial score (nSPS) is 33.5. The predicted molar refractivity (Wildman–Crippen MR) is 78.3 cm³/mol. The smallest absolute Gasteiger partial charge is 0.254 e. The van der Waals surface area contributed by atoms with Gasteiger partial charge in [-0.2, -0.15) is 10.1 Å². The van der Waals surface area contributed by atoms with Gasteiger partial charge in [0.1, 0.15) is 0 Å². The Morgan fingerprint density at radius 2 is 1.71 bits per heavy atom. The molecule has 0 aromatic heterocycles.